The minimum atomic E-state index is -0.253. The van der Waals surface area contributed by atoms with Crippen molar-refractivity contribution in [2.24, 2.45) is 22.6 Å². The average Bonchev–Trinajstić information content (AvgIpc) is 3.32. The normalized spacial score (nSPS) is 21.0. The Morgan fingerprint density at radius 3 is 2.59 bits per heavy atom. The van der Waals surface area contributed by atoms with E-state index in [1.54, 1.807) is 12.1 Å². The van der Waals surface area contributed by atoms with Gasteiger partial charge in [-0.1, -0.05) is 24.3 Å². The summed E-state index contributed by atoms with van der Waals surface area (Å²) in [5.74, 6) is 0.796. The Bertz CT molecular complexity index is 876. The van der Waals surface area contributed by atoms with Crippen LogP contribution in [0, 0.1) is 17.7 Å². The van der Waals surface area contributed by atoms with Crippen LogP contribution in [0.2, 0.25) is 0 Å². The first-order valence-electron chi connectivity index (χ1n) is 9.57. The molecule has 2 aromatic rings. The molecule has 27 heavy (non-hydrogen) atoms. The van der Waals surface area contributed by atoms with E-state index in [-0.39, 0.29) is 11.7 Å². The fourth-order valence-electron chi connectivity index (χ4n) is 4.05. The lowest BCUT2D eigenvalue weighted by atomic mass is 10.0. The molecule has 1 fully saturated rings. The number of nitrogens with zero attached hydrogens (tertiary/aromatic N) is 1. The van der Waals surface area contributed by atoms with Gasteiger partial charge in [0, 0.05) is 13.0 Å². The van der Waals surface area contributed by atoms with Gasteiger partial charge < -0.3 is 11.1 Å². The molecule has 1 aliphatic heterocycles. The molecule has 1 amide bonds. The number of nitrogens with one attached hydrogen (secondary N) is 1. The molecule has 1 heterocycles. The van der Waals surface area contributed by atoms with Crippen LogP contribution in [0.4, 0.5) is 10.1 Å². The number of fused-ring (bicyclic) bond motifs is 1. The SMILES string of the molecule is NC[C@@H]1CC[C@H](CNC(=O)C2=Nc3cc(-c4ccc(F)cc4)ccc3C2)C1. The Morgan fingerprint density at radius 1 is 1.11 bits per heavy atom. The monoisotopic (exact) mass is 365 g/mol. The third-order valence-electron chi connectivity index (χ3n) is 5.67. The molecular weight excluding hydrogens is 341 g/mol. The van der Waals surface area contributed by atoms with Crippen LogP contribution in [0.1, 0.15) is 24.8 Å². The van der Waals surface area contributed by atoms with Gasteiger partial charge in [0.2, 0.25) is 0 Å². The van der Waals surface area contributed by atoms with Gasteiger partial charge in [0.15, 0.2) is 0 Å². The maximum atomic E-state index is 13.1. The smallest absolute Gasteiger partial charge is 0.266 e. The third-order valence-corrected chi connectivity index (χ3v) is 5.67. The lowest BCUT2D eigenvalue weighted by molar-refractivity contribution is -0.115. The van der Waals surface area contributed by atoms with E-state index >= 15 is 0 Å². The zero-order valence-corrected chi connectivity index (χ0v) is 15.2. The highest BCUT2D eigenvalue weighted by atomic mass is 19.1. The van der Waals surface area contributed by atoms with Crippen LogP contribution in [0.3, 0.4) is 0 Å². The summed E-state index contributed by atoms with van der Waals surface area (Å²) in [5.41, 5.74) is 10.1. The van der Waals surface area contributed by atoms with Crippen molar-refractivity contribution in [3.63, 3.8) is 0 Å². The van der Waals surface area contributed by atoms with Crippen molar-refractivity contribution in [2.75, 3.05) is 13.1 Å². The molecule has 2 aromatic carbocycles. The van der Waals surface area contributed by atoms with E-state index in [1.165, 1.54) is 12.1 Å². The number of carbonyl (C=O) groups excluding carboxylic acids is 1. The summed E-state index contributed by atoms with van der Waals surface area (Å²) in [4.78, 5) is 17.0. The molecule has 2 aliphatic rings. The predicted molar refractivity (Wildman–Crippen MR) is 106 cm³/mol. The number of amides is 1. The lowest BCUT2D eigenvalue weighted by Gasteiger charge is -2.11. The summed E-state index contributed by atoms with van der Waals surface area (Å²) >= 11 is 0. The Hall–Kier alpha value is -2.53. The molecule has 0 bridgehead atoms. The first-order chi connectivity index (χ1) is 13.1. The Labute approximate surface area is 158 Å². The predicted octanol–water partition coefficient (Wildman–Crippen LogP) is 3.61. The molecule has 0 saturated heterocycles. The number of halogens is 1. The molecule has 0 unspecified atom stereocenters. The molecule has 0 aromatic heterocycles. The number of rotatable bonds is 5. The van der Waals surface area contributed by atoms with Gasteiger partial charge in [0.1, 0.15) is 11.5 Å². The van der Waals surface area contributed by atoms with Gasteiger partial charge in [0.25, 0.3) is 5.91 Å². The van der Waals surface area contributed by atoms with Gasteiger partial charge in [-0.3, -0.25) is 4.79 Å². The molecule has 1 saturated carbocycles. The maximum Gasteiger partial charge on any atom is 0.266 e. The van der Waals surface area contributed by atoms with E-state index in [2.05, 4.69) is 10.3 Å². The van der Waals surface area contributed by atoms with Crippen LogP contribution in [0.25, 0.3) is 11.1 Å². The van der Waals surface area contributed by atoms with Gasteiger partial charge in [-0.05, 0) is 72.5 Å². The Balaban J connectivity index is 1.41. The van der Waals surface area contributed by atoms with Crippen molar-refractivity contribution in [2.45, 2.75) is 25.7 Å². The van der Waals surface area contributed by atoms with Gasteiger partial charge in [-0.25, -0.2) is 9.38 Å². The zero-order valence-electron chi connectivity index (χ0n) is 15.2. The molecule has 0 spiro atoms. The van der Waals surface area contributed by atoms with Crippen molar-refractivity contribution < 1.29 is 9.18 Å². The number of carbonyl (C=O) groups is 1. The van der Waals surface area contributed by atoms with Gasteiger partial charge in [-0.2, -0.15) is 0 Å². The standard InChI is InChI=1S/C22H24FN3O/c23-19-7-5-16(6-8-19)17-3-4-18-11-21(26-20(18)10-17)22(27)25-13-15-2-1-14(9-15)12-24/h3-8,10,14-15H,1-2,9,11-13,24H2,(H,25,27)/t14-,15+/m1/s1. The van der Waals surface area contributed by atoms with Gasteiger partial charge in [-0.15, -0.1) is 0 Å². The van der Waals surface area contributed by atoms with E-state index in [0.717, 1.165) is 48.2 Å². The molecular formula is C22H24FN3O. The Morgan fingerprint density at radius 2 is 1.85 bits per heavy atom. The Kier molecular flexibility index (Phi) is 5.03. The number of aliphatic imine (C=N–C) groups is 1. The summed E-state index contributed by atoms with van der Waals surface area (Å²) in [6.45, 7) is 1.44. The van der Waals surface area contributed by atoms with Crippen molar-refractivity contribution >= 4 is 17.3 Å². The van der Waals surface area contributed by atoms with Crippen LogP contribution in [0.5, 0.6) is 0 Å². The van der Waals surface area contributed by atoms with Crippen molar-refractivity contribution in [3.05, 3.63) is 53.8 Å². The van der Waals surface area contributed by atoms with Gasteiger partial charge in [0.05, 0.1) is 5.69 Å². The number of benzene rings is 2. The average molecular weight is 365 g/mol. The topological polar surface area (TPSA) is 67.5 Å². The van der Waals surface area contributed by atoms with Crippen LogP contribution in [0.15, 0.2) is 47.5 Å². The molecule has 140 valence electrons. The van der Waals surface area contributed by atoms with Crippen LogP contribution in [-0.4, -0.2) is 24.7 Å². The second-order valence-corrected chi connectivity index (χ2v) is 7.58. The van der Waals surface area contributed by atoms with Gasteiger partial charge >= 0.3 is 0 Å². The lowest BCUT2D eigenvalue weighted by Crippen LogP contribution is -2.34. The van der Waals surface area contributed by atoms with Crippen molar-refractivity contribution in [1.82, 2.24) is 5.32 Å². The molecule has 3 N–H and O–H groups in total. The number of hydrogen-bond donors (Lipinski definition) is 2. The van der Waals surface area contributed by atoms with E-state index < -0.39 is 0 Å². The second kappa shape index (κ2) is 7.61. The summed E-state index contributed by atoms with van der Waals surface area (Å²) in [6.07, 6.45) is 3.96. The highest BCUT2D eigenvalue weighted by Crippen LogP contribution is 2.32. The largest absolute Gasteiger partial charge is 0.351 e. The third kappa shape index (κ3) is 3.93. The van der Waals surface area contributed by atoms with E-state index in [4.69, 9.17) is 5.73 Å². The zero-order chi connectivity index (χ0) is 18.8. The molecule has 2 atom stereocenters. The summed E-state index contributed by atoms with van der Waals surface area (Å²) in [7, 11) is 0. The highest BCUT2D eigenvalue weighted by Gasteiger charge is 2.26. The summed E-state index contributed by atoms with van der Waals surface area (Å²) < 4.78 is 13.1. The van der Waals surface area contributed by atoms with Crippen LogP contribution >= 0.6 is 0 Å². The van der Waals surface area contributed by atoms with Crippen LogP contribution in [-0.2, 0) is 11.2 Å². The fourth-order valence-corrected chi connectivity index (χ4v) is 4.05. The van der Waals surface area contributed by atoms with Crippen molar-refractivity contribution in [3.8, 4) is 11.1 Å². The molecule has 0 radical (unpaired) electrons. The van der Waals surface area contributed by atoms with E-state index in [1.807, 2.05) is 18.2 Å². The molecule has 5 heteroatoms. The summed E-state index contributed by atoms with van der Waals surface area (Å²) in [5, 5.41) is 3.05. The molecule has 4 rings (SSSR count). The highest BCUT2D eigenvalue weighted by molar-refractivity contribution is 6.40. The second-order valence-electron chi connectivity index (χ2n) is 7.58. The van der Waals surface area contributed by atoms with Crippen LogP contribution < -0.4 is 11.1 Å². The minimum absolute atomic E-state index is 0.0780. The quantitative estimate of drug-likeness (QED) is 0.850. The van der Waals surface area contributed by atoms with E-state index in [0.29, 0.717) is 30.5 Å². The fraction of sp³-hybridized carbons (Fsp3) is 0.364. The minimum Gasteiger partial charge on any atom is -0.351 e. The van der Waals surface area contributed by atoms with E-state index in [9.17, 15) is 9.18 Å². The molecule has 4 nitrogen and oxygen atoms in total. The number of nitrogens with two attached hydrogens (primary N) is 1. The maximum absolute atomic E-state index is 13.1. The summed E-state index contributed by atoms with van der Waals surface area (Å²) in [6, 6.07) is 12.4. The molecule has 1 aliphatic carbocycles. The number of hydrogen-bond acceptors (Lipinski definition) is 3. The first kappa shape index (κ1) is 17.9. The first-order valence-corrected chi connectivity index (χ1v) is 9.57. The van der Waals surface area contributed by atoms with Crippen molar-refractivity contribution in [1.29, 1.82) is 0 Å².